The van der Waals surface area contributed by atoms with Crippen molar-refractivity contribution in [2.45, 2.75) is 22.9 Å². The SMILES string of the molecule is CNC(C)(C)S(=O)(=O)c1cccs1. The highest BCUT2D eigenvalue weighted by Gasteiger charge is 2.34. The van der Waals surface area contributed by atoms with Crippen LogP contribution in [0.5, 0.6) is 0 Å². The van der Waals surface area contributed by atoms with Gasteiger partial charge in [-0.3, -0.25) is 0 Å². The summed E-state index contributed by atoms with van der Waals surface area (Å²) in [5.41, 5.74) is 0. The molecule has 0 aliphatic heterocycles. The molecule has 13 heavy (non-hydrogen) atoms. The van der Waals surface area contributed by atoms with E-state index in [-0.39, 0.29) is 0 Å². The summed E-state index contributed by atoms with van der Waals surface area (Å²) in [6.45, 7) is 3.31. The molecule has 0 saturated heterocycles. The lowest BCUT2D eigenvalue weighted by atomic mass is 10.4. The van der Waals surface area contributed by atoms with Crippen LogP contribution in [0.4, 0.5) is 0 Å². The third-order valence-corrected chi connectivity index (χ3v) is 5.86. The number of thiophene rings is 1. The Labute approximate surface area is 82.7 Å². The maximum Gasteiger partial charge on any atom is 0.205 e. The van der Waals surface area contributed by atoms with E-state index in [4.69, 9.17) is 0 Å². The smallest absolute Gasteiger partial charge is 0.205 e. The fraction of sp³-hybridized carbons (Fsp3) is 0.500. The summed E-state index contributed by atoms with van der Waals surface area (Å²) in [5.74, 6) is 0. The van der Waals surface area contributed by atoms with Gasteiger partial charge in [0.1, 0.15) is 9.08 Å². The summed E-state index contributed by atoms with van der Waals surface area (Å²) in [7, 11) is -1.59. The van der Waals surface area contributed by atoms with Crippen LogP contribution < -0.4 is 5.32 Å². The normalized spacial score (nSPS) is 13.2. The Balaban J connectivity index is 3.18. The third kappa shape index (κ3) is 1.77. The van der Waals surface area contributed by atoms with E-state index in [9.17, 15) is 8.42 Å². The zero-order chi connectivity index (χ0) is 10.1. The van der Waals surface area contributed by atoms with E-state index in [0.29, 0.717) is 4.21 Å². The van der Waals surface area contributed by atoms with Crippen molar-refractivity contribution in [3.8, 4) is 0 Å². The van der Waals surface area contributed by atoms with Crippen LogP contribution in [-0.2, 0) is 9.84 Å². The average molecular weight is 219 g/mol. The summed E-state index contributed by atoms with van der Waals surface area (Å²) in [4.78, 5) is -0.905. The quantitative estimate of drug-likeness (QED) is 0.837. The number of hydrogen-bond donors (Lipinski definition) is 1. The Morgan fingerprint density at radius 3 is 2.46 bits per heavy atom. The van der Waals surface area contributed by atoms with E-state index in [0.717, 1.165) is 0 Å². The molecule has 1 N–H and O–H groups in total. The predicted octanol–water partition coefficient (Wildman–Crippen LogP) is 1.48. The molecule has 5 heteroatoms. The second kappa shape index (κ2) is 3.40. The molecule has 0 aromatic carbocycles. The van der Waals surface area contributed by atoms with Crippen LogP contribution in [0.3, 0.4) is 0 Å². The van der Waals surface area contributed by atoms with Crippen LogP contribution in [0.25, 0.3) is 0 Å². The van der Waals surface area contributed by atoms with Gasteiger partial charge in [0, 0.05) is 0 Å². The van der Waals surface area contributed by atoms with Gasteiger partial charge in [-0.25, -0.2) is 8.42 Å². The topological polar surface area (TPSA) is 46.2 Å². The van der Waals surface area contributed by atoms with Crippen molar-refractivity contribution in [2.24, 2.45) is 0 Å². The molecular weight excluding hydrogens is 206 g/mol. The van der Waals surface area contributed by atoms with Gasteiger partial charge in [0.05, 0.1) is 0 Å². The largest absolute Gasteiger partial charge is 0.302 e. The fourth-order valence-electron chi connectivity index (χ4n) is 0.802. The van der Waals surface area contributed by atoms with Gasteiger partial charge in [0.25, 0.3) is 0 Å². The molecule has 0 unspecified atom stereocenters. The number of sulfone groups is 1. The fourth-order valence-corrected chi connectivity index (χ4v) is 3.58. The second-order valence-corrected chi connectivity index (χ2v) is 6.87. The molecule has 0 fully saturated rings. The summed E-state index contributed by atoms with van der Waals surface area (Å²) >= 11 is 1.24. The van der Waals surface area contributed by atoms with Gasteiger partial charge in [-0.2, -0.15) is 0 Å². The highest BCUT2D eigenvalue weighted by atomic mass is 32.2. The minimum atomic E-state index is -3.24. The Morgan fingerprint density at radius 2 is 2.08 bits per heavy atom. The molecule has 0 amide bonds. The summed E-state index contributed by atoms with van der Waals surface area (Å²) in [5, 5.41) is 4.55. The van der Waals surface area contributed by atoms with Crippen molar-refractivity contribution >= 4 is 21.2 Å². The molecule has 1 rings (SSSR count). The molecule has 0 aliphatic carbocycles. The zero-order valence-electron chi connectivity index (χ0n) is 7.87. The number of hydrogen-bond acceptors (Lipinski definition) is 4. The van der Waals surface area contributed by atoms with Gasteiger partial charge in [-0.1, -0.05) is 6.07 Å². The molecule has 0 atom stereocenters. The highest BCUT2D eigenvalue weighted by Crippen LogP contribution is 2.26. The number of nitrogens with one attached hydrogen (secondary N) is 1. The first kappa shape index (κ1) is 10.7. The van der Waals surface area contributed by atoms with Crippen molar-refractivity contribution in [1.29, 1.82) is 0 Å². The van der Waals surface area contributed by atoms with E-state index < -0.39 is 14.7 Å². The summed E-state index contributed by atoms with van der Waals surface area (Å²) < 4.78 is 24.2. The lowest BCUT2D eigenvalue weighted by Crippen LogP contribution is -2.43. The lowest BCUT2D eigenvalue weighted by Gasteiger charge is -2.22. The second-order valence-electron chi connectivity index (χ2n) is 3.20. The van der Waals surface area contributed by atoms with Crippen molar-refractivity contribution in [1.82, 2.24) is 5.32 Å². The molecule has 0 spiro atoms. The van der Waals surface area contributed by atoms with Crippen molar-refractivity contribution in [3.63, 3.8) is 0 Å². The maximum atomic E-state index is 11.9. The molecule has 0 aliphatic rings. The van der Waals surface area contributed by atoms with E-state index >= 15 is 0 Å². The average Bonchev–Trinajstić information content (AvgIpc) is 2.56. The Bertz CT molecular complexity index is 365. The monoisotopic (exact) mass is 219 g/mol. The van der Waals surface area contributed by atoms with Crippen LogP contribution in [0.15, 0.2) is 21.7 Å². The molecule has 74 valence electrons. The Morgan fingerprint density at radius 1 is 1.46 bits per heavy atom. The maximum absolute atomic E-state index is 11.9. The molecule has 0 bridgehead atoms. The molecule has 1 aromatic heterocycles. The van der Waals surface area contributed by atoms with Crippen LogP contribution in [-0.4, -0.2) is 20.3 Å². The van der Waals surface area contributed by atoms with Crippen LogP contribution >= 0.6 is 11.3 Å². The predicted molar refractivity (Wildman–Crippen MR) is 54.6 cm³/mol. The first-order valence-electron chi connectivity index (χ1n) is 3.89. The van der Waals surface area contributed by atoms with E-state index in [2.05, 4.69) is 5.32 Å². The van der Waals surface area contributed by atoms with Crippen molar-refractivity contribution in [3.05, 3.63) is 17.5 Å². The molecule has 0 saturated carbocycles. The number of rotatable bonds is 3. The molecule has 1 heterocycles. The molecule has 3 nitrogen and oxygen atoms in total. The molecule has 0 radical (unpaired) electrons. The van der Waals surface area contributed by atoms with Crippen molar-refractivity contribution in [2.75, 3.05) is 7.05 Å². The lowest BCUT2D eigenvalue weighted by molar-refractivity contribution is 0.512. The van der Waals surface area contributed by atoms with Crippen LogP contribution in [0.2, 0.25) is 0 Å². The minimum Gasteiger partial charge on any atom is -0.302 e. The van der Waals surface area contributed by atoms with Crippen molar-refractivity contribution < 1.29 is 8.42 Å². The summed E-state index contributed by atoms with van der Waals surface area (Å²) in [6, 6.07) is 3.36. The Kier molecular flexibility index (Phi) is 2.79. The minimum absolute atomic E-state index is 0.409. The van der Waals surface area contributed by atoms with Gasteiger partial charge in [0.15, 0.2) is 0 Å². The molecular formula is C8H13NO2S2. The highest BCUT2D eigenvalue weighted by molar-refractivity contribution is 7.94. The van der Waals surface area contributed by atoms with Gasteiger partial charge >= 0.3 is 0 Å². The van der Waals surface area contributed by atoms with E-state index in [1.54, 1.807) is 38.4 Å². The van der Waals surface area contributed by atoms with Gasteiger partial charge in [-0.05, 0) is 32.3 Å². The van der Waals surface area contributed by atoms with E-state index in [1.807, 2.05) is 0 Å². The first-order chi connectivity index (χ1) is 5.92. The summed E-state index contributed by atoms with van der Waals surface area (Å²) in [6.07, 6.45) is 0. The van der Waals surface area contributed by atoms with Gasteiger partial charge in [0.2, 0.25) is 9.84 Å². The third-order valence-electron chi connectivity index (χ3n) is 2.03. The van der Waals surface area contributed by atoms with Gasteiger partial charge in [-0.15, -0.1) is 11.3 Å². The van der Waals surface area contributed by atoms with Crippen LogP contribution in [0, 0.1) is 0 Å². The Hall–Kier alpha value is -0.390. The van der Waals surface area contributed by atoms with E-state index in [1.165, 1.54) is 11.3 Å². The van der Waals surface area contributed by atoms with Crippen LogP contribution in [0.1, 0.15) is 13.8 Å². The standard InChI is InChI=1S/C8H13NO2S2/c1-8(2,9-3)13(10,11)7-5-4-6-12-7/h4-6,9H,1-3H3. The molecule has 1 aromatic rings. The van der Waals surface area contributed by atoms with Gasteiger partial charge < -0.3 is 5.32 Å². The zero-order valence-corrected chi connectivity index (χ0v) is 9.50. The first-order valence-corrected chi connectivity index (χ1v) is 6.25.